The summed E-state index contributed by atoms with van der Waals surface area (Å²) >= 11 is 9.09. The molecule has 0 spiro atoms. The van der Waals surface area contributed by atoms with Crippen LogP contribution in [0.4, 0.5) is 4.39 Å². The Hall–Kier alpha value is -0.120. The minimum atomic E-state index is -0.185. The van der Waals surface area contributed by atoms with E-state index in [2.05, 4.69) is 21.2 Å². The molecule has 4 heteroatoms. The first kappa shape index (κ1) is 12.9. The van der Waals surface area contributed by atoms with E-state index < -0.39 is 0 Å². The summed E-state index contributed by atoms with van der Waals surface area (Å²) in [5, 5.41) is 3.63. The molecule has 1 N–H and O–H groups in total. The average molecular weight is 295 g/mol. The molecule has 0 amide bonds. The zero-order chi connectivity index (χ0) is 11.3. The summed E-state index contributed by atoms with van der Waals surface area (Å²) in [6.45, 7) is 0.964. The molecule has 1 aromatic rings. The maximum Gasteiger partial charge on any atom is 0.127 e. The molecule has 0 aromatic heterocycles. The highest BCUT2D eigenvalue weighted by Crippen LogP contribution is 2.26. The summed E-state index contributed by atoms with van der Waals surface area (Å²) in [4.78, 5) is 0. The lowest BCUT2D eigenvalue weighted by atomic mass is 10.1. The molecule has 0 aliphatic rings. The Morgan fingerprint density at radius 1 is 1.40 bits per heavy atom. The fourth-order valence-electron chi connectivity index (χ4n) is 1.37. The number of rotatable bonds is 5. The molecular formula is C11H14BrClFN. The van der Waals surface area contributed by atoms with Gasteiger partial charge in [0.25, 0.3) is 0 Å². The number of hydrogen-bond acceptors (Lipinski definition) is 1. The van der Waals surface area contributed by atoms with Crippen LogP contribution in [0, 0.1) is 5.82 Å². The minimum absolute atomic E-state index is 0.185. The molecule has 0 saturated carbocycles. The van der Waals surface area contributed by atoms with Gasteiger partial charge in [0.05, 0.1) is 5.02 Å². The molecule has 0 aliphatic carbocycles. The first-order valence-electron chi connectivity index (χ1n) is 4.93. The summed E-state index contributed by atoms with van der Waals surface area (Å²) in [6, 6.07) is 3.12. The van der Waals surface area contributed by atoms with Crippen molar-refractivity contribution < 1.29 is 4.39 Å². The topological polar surface area (TPSA) is 12.0 Å². The molecule has 0 aliphatic heterocycles. The van der Waals surface area contributed by atoms with Crippen LogP contribution in [-0.4, -0.2) is 13.6 Å². The first-order valence-corrected chi connectivity index (χ1v) is 6.10. The van der Waals surface area contributed by atoms with Crippen LogP contribution in [0.2, 0.25) is 5.02 Å². The van der Waals surface area contributed by atoms with Crippen LogP contribution in [0.15, 0.2) is 16.6 Å². The number of halogens is 3. The Labute approximate surface area is 103 Å². The van der Waals surface area contributed by atoms with Crippen LogP contribution >= 0.6 is 27.5 Å². The van der Waals surface area contributed by atoms with Crippen molar-refractivity contribution in [3.05, 3.63) is 33.0 Å². The van der Waals surface area contributed by atoms with Gasteiger partial charge in [-0.25, -0.2) is 4.39 Å². The lowest BCUT2D eigenvalue weighted by Crippen LogP contribution is -2.07. The van der Waals surface area contributed by atoms with Crippen LogP contribution in [0.3, 0.4) is 0 Å². The summed E-state index contributed by atoms with van der Waals surface area (Å²) in [5.74, 6) is -0.185. The second-order valence-electron chi connectivity index (χ2n) is 3.42. The fraction of sp³-hybridized carbons (Fsp3) is 0.455. The van der Waals surface area contributed by atoms with Crippen LogP contribution < -0.4 is 5.32 Å². The molecule has 0 radical (unpaired) electrons. The van der Waals surface area contributed by atoms with Crippen molar-refractivity contribution in [3.8, 4) is 0 Å². The van der Waals surface area contributed by atoms with Gasteiger partial charge in [0, 0.05) is 4.47 Å². The van der Waals surface area contributed by atoms with Crippen LogP contribution in [-0.2, 0) is 6.42 Å². The van der Waals surface area contributed by atoms with Crippen molar-refractivity contribution >= 4 is 27.5 Å². The number of nitrogens with one attached hydrogen (secondary N) is 1. The molecule has 0 fully saturated rings. The first-order chi connectivity index (χ1) is 7.15. The second kappa shape index (κ2) is 6.46. The van der Waals surface area contributed by atoms with E-state index in [1.165, 1.54) is 6.07 Å². The lowest BCUT2D eigenvalue weighted by Gasteiger charge is -2.05. The molecule has 1 nitrogen and oxygen atoms in total. The van der Waals surface area contributed by atoms with Crippen molar-refractivity contribution in [3.63, 3.8) is 0 Å². The quantitative estimate of drug-likeness (QED) is 0.644. The van der Waals surface area contributed by atoms with E-state index in [1.54, 1.807) is 6.07 Å². The van der Waals surface area contributed by atoms with Gasteiger partial charge >= 0.3 is 0 Å². The summed E-state index contributed by atoms with van der Waals surface area (Å²) in [7, 11) is 1.91. The van der Waals surface area contributed by atoms with E-state index in [1.807, 2.05) is 7.05 Å². The van der Waals surface area contributed by atoms with Crippen LogP contribution in [0.1, 0.15) is 18.4 Å². The molecule has 0 bridgehead atoms. The number of aryl methyl sites for hydroxylation is 1. The Kier molecular flexibility index (Phi) is 5.58. The molecule has 15 heavy (non-hydrogen) atoms. The smallest absolute Gasteiger partial charge is 0.127 e. The highest BCUT2D eigenvalue weighted by atomic mass is 79.9. The Morgan fingerprint density at radius 2 is 2.13 bits per heavy atom. The molecule has 0 atom stereocenters. The summed E-state index contributed by atoms with van der Waals surface area (Å²) in [5.41, 5.74) is 0.694. The van der Waals surface area contributed by atoms with Gasteiger partial charge in [0.1, 0.15) is 5.82 Å². The maximum atomic E-state index is 13.4. The molecule has 84 valence electrons. The van der Waals surface area contributed by atoms with Gasteiger partial charge in [0.2, 0.25) is 0 Å². The zero-order valence-electron chi connectivity index (χ0n) is 8.62. The fourth-order valence-corrected chi connectivity index (χ4v) is 1.87. The third-order valence-corrected chi connectivity index (χ3v) is 3.41. The van der Waals surface area contributed by atoms with E-state index in [0.29, 0.717) is 15.1 Å². The van der Waals surface area contributed by atoms with Crippen molar-refractivity contribution in [1.29, 1.82) is 0 Å². The lowest BCUT2D eigenvalue weighted by molar-refractivity contribution is 0.595. The van der Waals surface area contributed by atoms with Gasteiger partial charge in [-0.3, -0.25) is 0 Å². The predicted molar refractivity (Wildman–Crippen MR) is 66.0 cm³/mol. The van der Waals surface area contributed by atoms with Crippen molar-refractivity contribution in [2.75, 3.05) is 13.6 Å². The third kappa shape index (κ3) is 4.09. The molecule has 1 rings (SSSR count). The predicted octanol–water partition coefficient (Wildman–Crippen LogP) is 3.78. The second-order valence-corrected chi connectivity index (χ2v) is 4.68. The Balaban J connectivity index is 2.57. The Bertz CT molecular complexity index is 331. The van der Waals surface area contributed by atoms with Crippen LogP contribution in [0.5, 0.6) is 0 Å². The number of unbranched alkanes of at least 4 members (excludes halogenated alkanes) is 1. The highest BCUT2D eigenvalue weighted by Gasteiger charge is 2.06. The molecule has 0 heterocycles. The van der Waals surface area contributed by atoms with E-state index in [4.69, 9.17) is 11.6 Å². The van der Waals surface area contributed by atoms with Gasteiger partial charge < -0.3 is 5.32 Å². The molecule has 0 unspecified atom stereocenters. The number of hydrogen-bond donors (Lipinski definition) is 1. The van der Waals surface area contributed by atoms with E-state index in [-0.39, 0.29) is 5.82 Å². The average Bonchev–Trinajstić information content (AvgIpc) is 2.20. The summed E-state index contributed by atoms with van der Waals surface area (Å²) < 4.78 is 14.0. The Morgan fingerprint density at radius 3 is 2.80 bits per heavy atom. The van der Waals surface area contributed by atoms with Crippen molar-refractivity contribution in [2.24, 2.45) is 0 Å². The van der Waals surface area contributed by atoms with E-state index >= 15 is 0 Å². The standard InChI is InChI=1S/C11H14BrClFN/c1-15-5-3-2-4-8-6-10(13)9(12)7-11(8)14/h6-7,15H,2-5H2,1H3. The zero-order valence-corrected chi connectivity index (χ0v) is 11.0. The SMILES string of the molecule is CNCCCCc1cc(Cl)c(Br)cc1F. The third-order valence-electron chi connectivity index (χ3n) is 2.21. The molecular weight excluding hydrogens is 280 g/mol. The van der Waals surface area contributed by atoms with Gasteiger partial charge in [-0.15, -0.1) is 0 Å². The monoisotopic (exact) mass is 293 g/mol. The highest BCUT2D eigenvalue weighted by molar-refractivity contribution is 9.10. The minimum Gasteiger partial charge on any atom is -0.320 e. The van der Waals surface area contributed by atoms with Crippen molar-refractivity contribution in [2.45, 2.75) is 19.3 Å². The van der Waals surface area contributed by atoms with Gasteiger partial charge in [0.15, 0.2) is 0 Å². The van der Waals surface area contributed by atoms with Gasteiger partial charge in [-0.05, 0) is 66.5 Å². The molecule has 0 saturated heterocycles. The van der Waals surface area contributed by atoms with E-state index in [9.17, 15) is 4.39 Å². The van der Waals surface area contributed by atoms with E-state index in [0.717, 1.165) is 25.8 Å². The van der Waals surface area contributed by atoms with Gasteiger partial charge in [-0.2, -0.15) is 0 Å². The summed E-state index contributed by atoms with van der Waals surface area (Å²) in [6.07, 6.45) is 2.75. The maximum absolute atomic E-state index is 13.4. The number of benzene rings is 1. The van der Waals surface area contributed by atoms with Gasteiger partial charge in [-0.1, -0.05) is 11.6 Å². The molecule has 1 aromatic carbocycles. The van der Waals surface area contributed by atoms with Crippen molar-refractivity contribution in [1.82, 2.24) is 5.32 Å². The largest absolute Gasteiger partial charge is 0.320 e. The van der Waals surface area contributed by atoms with Crippen LogP contribution in [0.25, 0.3) is 0 Å². The normalized spacial score (nSPS) is 10.7.